The second-order valence-corrected chi connectivity index (χ2v) is 2.65. The first kappa shape index (κ1) is 9.47. The van der Waals surface area contributed by atoms with E-state index in [2.05, 4.69) is 4.98 Å². The van der Waals surface area contributed by atoms with Crippen molar-refractivity contribution in [3.63, 3.8) is 0 Å². The molecule has 1 atom stereocenters. The van der Waals surface area contributed by atoms with Crippen molar-refractivity contribution in [2.24, 2.45) is 5.73 Å². The van der Waals surface area contributed by atoms with E-state index in [-0.39, 0.29) is 12.2 Å². The van der Waals surface area contributed by atoms with Crippen molar-refractivity contribution >= 4 is 5.97 Å². The lowest BCUT2D eigenvalue weighted by Crippen LogP contribution is -2.32. The minimum atomic E-state index is -1.08. The molecule has 4 N–H and O–H groups in total. The number of carboxylic acid groups (broad SMARTS) is 1. The van der Waals surface area contributed by atoms with Gasteiger partial charge in [0.05, 0.1) is 0 Å². The van der Waals surface area contributed by atoms with Gasteiger partial charge in [-0.05, 0) is 6.07 Å². The Morgan fingerprint density at radius 1 is 1.69 bits per heavy atom. The van der Waals surface area contributed by atoms with Gasteiger partial charge in [-0.3, -0.25) is 9.78 Å². The molecular formula is C8H10N2O3. The van der Waals surface area contributed by atoms with E-state index in [9.17, 15) is 4.79 Å². The van der Waals surface area contributed by atoms with E-state index in [1.807, 2.05) is 0 Å². The zero-order valence-corrected chi connectivity index (χ0v) is 6.84. The second-order valence-electron chi connectivity index (χ2n) is 2.65. The van der Waals surface area contributed by atoms with Gasteiger partial charge in [-0.15, -0.1) is 0 Å². The minimum Gasteiger partial charge on any atom is -0.508 e. The van der Waals surface area contributed by atoms with Crippen LogP contribution in [0.25, 0.3) is 0 Å². The third-order valence-electron chi connectivity index (χ3n) is 1.55. The van der Waals surface area contributed by atoms with Crippen molar-refractivity contribution in [2.45, 2.75) is 12.5 Å². The van der Waals surface area contributed by atoms with Crippen LogP contribution in [-0.2, 0) is 11.2 Å². The van der Waals surface area contributed by atoms with E-state index < -0.39 is 12.0 Å². The van der Waals surface area contributed by atoms with Gasteiger partial charge in [-0.2, -0.15) is 0 Å². The smallest absolute Gasteiger partial charge is 0.320 e. The summed E-state index contributed by atoms with van der Waals surface area (Å²) in [5, 5.41) is 17.5. The number of aromatic nitrogens is 1. The summed E-state index contributed by atoms with van der Waals surface area (Å²) >= 11 is 0. The summed E-state index contributed by atoms with van der Waals surface area (Å²) < 4.78 is 0. The van der Waals surface area contributed by atoms with Crippen LogP contribution < -0.4 is 5.73 Å². The fraction of sp³-hybridized carbons (Fsp3) is 0.250. The Bertz CT molecular complexity index is 314. The number of aromatic hydroxyl groups is 1. The highest BCUT2D eigenvalue weighted by Crippen LogP contribution is 2.09. The molecule has 0 aliphatic rings. The molecule has 0 saturated carbocycles. The zero-order valence-electron chi connectivity index (χ0n) is 6.84. The molecule has 70 valence electrons. The van der Waals surface area contributed by atoms with Gasteiger partial charge in [0.2, 0.25) is 0 Å². The molecule has 0 spiro atoms. The van der Waals surface area contributed by atoms with Gasteiger partial charge in [0.15, 0.2) is 0 Å². The van der Waals surface area contributed by atoms with Crippen LogP contribution in [0.5, 0.6) is 5.75 Å². The summed E-state index contributed by atoms with van der Waals surface area (Å²) in [7, 11) is 0. The summed E-state index contributed by atoms with van der Waals surface area (Å²) in [5.74, 6) is -1.02. The highest BCUT2D eigenvalue weighted by Gasteiger charge is 2.12. The quantitative estimate of drug-likeness (QED) is 0.598. The molecule has 1 aromatic rings. The van der Waals surface area contributed by atoms with E-state index in [0.717, 1.165) is 0 Å². The highest BCUT2D eigenvalue weighted by atomic mass is 16.4. The van der Waals surface area contributed by atoms with E-state index in [1.54, 1.807) is 0 Å². The Kier molecular flexibility index (Phi) is 2.81. The number of pyridine rings is 1. The van der Waals surface area contributed by atoms with Gasteiger partial charge < -0.3 is 15.9 Å². The first-order valence-electron chi connectivity index (χ1n) is 3.72. The number of carbonyl (C=O) groups is 1. The maximum absolute atomic E-state index is 10.4. The lowest BCUT2D eigenvalue weighted by molar-refractivity contribution is -0.138. The lowest BCUT2D eigenvalue weighted by atomic mass is 10.1. The fourth-order valence-electron chi connectivity index (χ4n) is 0.890. The molecule has 0 fully saturated rings. The van der Waals surface area contributed by atoms with Crippen molar-refractivity contribution < 1.29 is 15.0 Å². The van der Waals surface area contributed by atoms with Gasteiger partial charge in [0.25, 0.3) is 0 Å². The van der Waals surface area contributed by atoms with Crippen molar-refractivity contribution in [1.29, 1.82) is 0 Å². The first-order chi connectivity index (χ1) is 6.09. The predicted molar refractivity (Wildman–Crippen MR) is 45.2 cm³/mol. The number of carboxylic acids is 1. The third kappa shape index (κ3) is 2.72. The summed E-state index contributed by atoms with van der Waals surface area (Å²) in [6.45, 7) is 0. The molecule has 0 bridgehead atoms. The second kappa shape index (κ2) is 3.86. The normalized spacial score (nSPS) is 12.4. The number of hydrogen-bond donors (Lipinski definition) is 3. The highest BCUT2D eigenvalue weighted by molar-refractivity contribution is 5.73. The third-order valence-corrected chi connectivity index (χ3v) is 1.55. The van der Waals surface area contributed by atoms with Crippen LogP contribution in [0.15, 0.2) is 18.3 Å². The van der Waals surface area contributed by atoms with E-state index in [4.69, 9.17) is 15.9 Å². The number of hydrogen-bond acceptors (Lipinski definition) is 4. The first-order valence-corrected chi connectivity index (χ1v) is 3.72. The largest absolute Gasteiger partial charge is 0.508 e. The number of rotatable bonds is 3. The molecule has 0 unspecified atom stereocenters. The van der Waals surface area contributed by atoms with Crippen LogP contribution in [0.1, 0.15) is 5.69 Å². The van der Waals surface area contributed by atoms with E-state index in [1.165, 1.54) is 18.3 Å². The Morgan fingerprint density at radius 3 is 2.92 bits per heavy atom. The summed E-state index contributed by atoms with van der Waals surface area (Å²) in [6, 6.07) is 1.83. The van der Waals surface area contributed by atoms with Gasteiger partial charge in [0, 0.05) is 24.4 Å². The molecule has 1 aromatic heterocycles. The van der Waals surface area contributed by atoms with Gasteiger partial charge in [-0.1, -0.05) is 0 Å². The van der Waals surface area contributed by atoms with Crippen molar-refractivity contribution in [2.75, 3.05) is 0 Å². The molecule has 0 aliphatic heterocycles. The van der Waals surface area contributed by atoms with Gasteiger partial charge in [0.1, 0.15) is 11.8 Å². The molecule has 0 amide bonds. The van der Waals surface area contributed by atoms with E-state index >= 15 is 0 Å². The van der Waals surface area contributed by atoms with Crippen LogP contribution in [0.4, 0.5) is 0 Å². The Hall–Kier alpha value is -1.62. The van der Waals surface area contributed by atoms with Crippen molar-refractivity contribution in [3.8, 4) is 5.75 Å². The molecule has 1 heterocycles. The lowest BCUT2D eigenvalue weighted by Gasteiger charge is -2.04. The summed E-state index contributed by atoms with van der Waals surface area (Å²) in [4.78, 5) is 14.2. The molecule has 0 saturated heterocycles. The van der Waals surface area contributed by atoms with Crippen LogP contribution in [0.2, 0.25) is 0 Å². The van der Waals surface area contributed by atoms with Crippen LogP contribution in [0.3, 0.4) is 0 Å². The Balaban J connectivity index is 2.69. The topological polar surface area (TPSA) is 96.4 Å². The standard InChI is InChI=1S/C8H10N2O3/c9-7(8(12)13)4-5-3-6(11)1-2-10-5/h1-3,7H,4,9H2,(H,10,11)(H,12,13)/t7-/m1/s1. The Morgan fingerprint density at radius 2 is 2.38 bits per heavy atom. The molecule has 1 rings (SSSR count). The molecule has 0 aromatic carbocycles. The van der Waals surface area contributed by atoms with Gasteiger partial charge in [-0.25, -0.2) is 0 Å². The maximum Gasteiger partial charge on any atom is 0.320 e. The molecule has 0 aliphatic carbocycles. The van der Waals surface area contributed by atoms with Crippen LogP contribution in [0, 0.1) is 0 Å². The fourth-order valence-corrected chi connectivity index (χ4v) is 0.890. The number of nitrogens with zero attached hydrogens (tertiary/aromatic N) is 1. The van der Waals surface area contributed by atoms with Crippen molar-refractivity contribution in [3.05, 3.63) is 24.0 Å². The number of aliphatic carboxylic acids is 1. The summed E-state index contributed by atoms with van der Waals surface area (Å²) in [6.07, 6.45) is 1.52. The molecule has 13 heavy (non-hydrogen) atoms. The molecular weight excluding hydrogens is 172 g/mol. The average molecular weight is 182 g/mol. The van der Waals surface area contributed by atoms with Crippen molar-refractivity contribution in [1.82, 2.24) is 4.98 Å². The van der Waals surface area contributed by atoms with Gasteiger partial charge >= 0.3 is 5.97 Å². The zero-order chi connectivity index (χ0) is 9.84. The molecule has 0 radical (unpaired) electrons. The molecule has 5 heteroatoms. The maximum atomic E-state index is 10.4. The minimum absolute atomic E-state index is 0.0580. The monoisotopic (exact) mass is 182 g/mol. The SMILES string of the molecule is N[C@H](Cc1cc(O)ccn1)C(=O)O. The van der Waals surface area contributed by atoms with Crippen LogP contribution >= 0.6 is 0 Å². The average Bonchev–Trinajstić information content (AvgIpc) is 2.04. The summed E-state index contributed by atoms with van der Waals surface area (Å²) in [5.41, 5.74) is 5.74. The van der Waals surface area contributed by atoms with Crippen LogP contribution in [-0.4, -0.2) is 27.2 Å². The Labute approximate surface area is 74.8 Å². The van der Waals surface area contributed by atoms with E-state index in [0.29, 0.717) is 5.69 Å². The number of nitrogens with two attached hydrogens (primary N) is 1. The predicted octanol–water partition coefficient (Wildman–Crippen LogP) is -0.258. The molecule has 5 nitrogen and oxygen atoms in total.